The summed E-state index contributed by atoms with van der Waals surface area (Å²) in [6, 6.07) is 8.55. The van der Waals surface area contributed by atoms with E-state index in [2.05, 4.69) is 5.32 Å². The SMILES string of the molecule is CC(NC=O)(C(=O)O)c1ccccc1. The lowest BCUT2D eigenvalue weighted by Crippen LogP contribution is -2.45. The van der Waals surface area contributed by atoms with E-state index in [1.54, 1.807) is 30.3 Å². The third-order valence-corrected chi connectivity index (χ3v) is 2.13. The predicted molar refractivity (Wildman–Crippen MR) is 50.6 cm³/mol. The predicted octanol–water partition coefficient (Wildman–Crippen LogP) is 0.732. The van der Waals surface area contributed by atoms with E-state index in [1.165, 1.54) is 6.92 Å². The van der Waals surface area contributed by atoms with Gasteiger partial charge in [-0.3, -0.25) is 4.79 Å². The Balaban J connectivity index is 3.12. The van der Waals surface area contributed by atoms with E-state index in [0.717, 1.165) is 0 Å². The minimum Gasteiger partial charge on any atom is -0.479 e. The van der Waals surface area contributed by atoms with Crippen molar-refractivity contribution in [3.05, 3.63) is 35.9 Å². The highest BCUT2D eigenvalue weighted by molar-refractivity contribution is 5.82. The van der Waals surface area contributed by atoms with Crippen molar-refractivity contribution in [2.24, 2.45) is 0 Å². The van der Waals surface area contributed by atoms with Crippen LogP contribution in [0.1, 0.15) is 12.5 Å². The second-order valence-corrected chi connectivity index (χ2v) is 3.06. The maximum Gasteiger partial charge on any atom is 0.333 e. The average molecular weight is 193 g/mol. The summed E-state index contributed by atoms with van der Waals surface area (Å²) in [7, 11) is 0. The second kappa shape index (κ2) is 3.91. The normalized spacial score (nSPS) is 14.1. The molecule has 0 aliphatic rings. The van der Waals surface area contributed by atoms with Gasteiger partial charge in [0.25, 0.3) is 0 Å². The molecule has 14 heavy (non-hydrogen) atoms. The average Bonchev–Trinajstić information content (AvgIpc) is 2.19. The smallest absolute Gasteiger partial charge is 0.333 e. The van der Waals surface area contributed by atoms with Gasteiger partial charge in [-0.1, -0.05) is 30.3 Å². The summed E-state index contributed by atoms with van der Waals surface area (Å²) in [4.78, 5) is 21.3. The summed E-state index contributed by atoms with van der Waals surface area (Å²) in [5.74, 6) is -1.09. The lowest BCUT2D eigenvalue weighted by Gasteiger charge is -2.24. The third kappa shape index (κ3) is 1.74. The van der Waals surface area contributed by atoms with Crippen LogP contribution >= 0.6 is 0 Å². The van der Waals surface area contributed by atoms with Crippen molar-refractivity contribution < 1.29 is 14.7 Å². The first-order chi connectivity index (χ1) is 6.61. The first kappa shape index (κ1) is 10.2. The minimum absolute atomic E-state index is 0.390. The zero-order valence-electron chi connectivity index (χ0n) is 7.73. The van der Waals surface area contributed by atoms with E-state index < -0.39 is 11.5 Å². The van der Waals surface area contributed by atoms with Crippen molar-refractivity contribution in [2.45, 2.75) is 12.5 Å². The molecule has 1 amide bonds. The summed E-state index contributed by atoms with van der Waals surface area (Å²) in [5.41, 5.74) is -0.817. The number of carboxylic acid groups (broad SMARTS) is 1. The molecule has 74 valence electrons. The Morgan fingerprint density at radius 3 is 2.43 bits per heavy atom. The molecule has 0 aliphatic carbocycles. The lowest BCUT2D eigenvalue weighted by atomic mass is 9.92. The molecule has 0 aliphatic heterocycles. The second-order valence-electron chi connectivity index (χ2n) is 3.06. The highest BCUT2D eigenvalue weighted by Crippen LogP contribution is 2.19. The van der Waals surface area contributed by atoms with Crippen LogP contribution in [0.25, 0.3) is 0 Å². The fourth-order valence-corrected chi connectivity index (χ4v) is 1.16. The Hall–Kier alpha value is -1.84. The number of carbonyl (C=O) groups is 2. The van der Waals surface area contributed by atoms with Crippen molar-refractivity contribution in [3.8, 4) is 0 Å². The van der Waals surface area contributed by atoms with Crippen LogP contribution in [0.2, 0.25) is 0 Å². The van der Waals surface area contributed by atoms with Crippen LogP contribution in [0.3, 0.4) is 0 Å². The molecule has 4 heteroatoms. The Morgan fingerprint density at radius 1 is 1.43 bits per heavy atom. The zero-order chi connectivity index (χ0) is 10.6. The van der Waals surface area contributed by atoms with E-state index in [-0.39, 0.29) is 0 Å². The molecule has 0 saturated carbocycles. The molecule has 1 unspecified atom stereocenters. The lowest BCUT2D eigenvalue weighted by molar-refractivity contribution is -0.145. The maximum absolute atomic E-state index is 11.0. The maximum atomic E-state index is 11.0. The van der Waals surface area contributed by atoms with Crippen molar-refractivity contribution in [3.63, 3.8) is 0 Å². The first-order valence-electron chi connectivity index (χ1n) is 4.11. The van der Waals surface area contributed by atoms with Gasteiger partial charge in [-0.2, -0.15) is 0 Å². The van der Waals surface area contributed by atoms with E-state index >= 15 is 0 Å². The molecule has 0 heterocycles. The van der Waals surface area contributed by atoms with Gasteiger partial charge in [-0.25, -0.2) is 4.79 Å². The van der Waals surface area contributed by atoms with E-state index in [4.69, 9.17) is 5.11 Å². The number of nitrogens with one attached hydrogen (secondary N) is 1. The molecule has 0 fully saturated rings. The van der Waals surface area contributed by atoms with Crippen LogP contribution < -0.4 is 5.32 Å². The molecule has 0 bridgehead atoms. The van der Waals surface area contributed by atoms with Gasteiger partial charge in [0, 0.05) is 0 Å². The summed E-state index contributed by atoms with van der Waals surface area (Å²) in [6.07, 6.45) is 0.390. The van der Waals surface area contributed by atoms with E-state index in [0.29, 0.717) is 12.0 Å². The van der Waals surface area contributed by atoms with Crippen molar-refractivity contribution >= 4 is 12.4 Å². The van der Waals surface area contributed by atoms with E-state index in [1.807, 2.05) is 0 Å². The molecule has 0 spiro atoms. The quantitative estimate of drug-likeness (QED) is 0.693. The van der Waals surface area contributed by atoms with Crippen LogP contribution in [-0.4, -0.2) is 17.5 Å². The van der Waals surface area contributed by atoms with E-state index in [9.17, 15) is 9.59 Å². The summed E-state index contributed by atoms with van der Waals surface area (Å²) < 4.78 is 0. The van der Waals surface area contributed by atoms with Crippen molar-refractivity contribution in [1.29, 1.82) is 0 Å². The van der Waals surface area contributed by atoms with Gasteiger partial charge >= 0.3 is 5.97 Å². The number of hydrogen-bond acceptors (Lipinski definition) is 2. The van der Waals surface area contributed by atoms with Crippen molar-refractivity contribution in [2.75, 3.05) is 0 Å². The molecule has 0 radical (unpaired) electrons. The summed E-state index contributed by atoms with van der Waals surface area (Å²) in [5, 5.41) is 11.3. The number of carbonyl (C=O) groups excluding carboxylic acids is 1. The fraction of sp³-hybridized carbons (Fsp3) is 0.200. The summed E-state index contributed by atoms with van der Waals surface area (Å²) >= 11 is 0. The number of rotatable bonds is 4. The monoisotopic (exact) mass is 193 g/mol. The zero-order valence-corrected chi connectivity index (χ0v) is 7.73. The van der Waals surface area contributed by atoms with Gasteiger partial charge in [0.1, 0.15) is 0 Å². The van der Waals surface area contributed by atoms with Gasteiger partial charge in [-0.05, 0) is 12.5 Å². The van der Waals surface area contributed by atoms with Gasteiger partial charge < -0.3 is 10.4 Å². The molecule has 1 rings (SSSR count). The minimum atomic E-state index is -1.36. The third-order valence-electron chi connectivity index (χ3n) is 2.13. The standard InChI is InChI=1S/C10H11NO3/c1-10(9(13)14,11-7-12)8-5-3-2-4-6-8/h2-7H,1H3,(H,11,12)(H,13,14). The highest BCUT2D eigenvalue weighted by Gasteiger charge is 2.34. The Labute approximate surface area is 81.6 Å². The molecule has 1 aromatic rings. The molecular formula is C10H11NO3. The Kier molecular flexibility index (Phi) is 2.86. The van der Waals surface area contributed by atoms with Crippen LogP contribution in [0.5, 0.6) is 0 Å². The topological polar surface area (TPSA) is 66.4 Å². The van der Waals surface area contributed by atoms with Crippen LogP contribution in [0.4, 0.5) is 0 Å². The first-order valence-corrected chi connectivity index (χ1v) is 4.11. The summed E-state index contributed by atoms with van der Waals surface area (Å²) in [6.45, 7) is 1.44. The van der Waals surface area contributed by atoms with Gasteiger partial charge in [0.15, 0.2) is 5.54 Å². The molecule has 2 N–H and O–H groups in total. The molecule has 0 saturated heterocycles. The molecular weight excluding hydrogens is 182 g/mol. The largest absolute Gasteiger partial charge is 0.479 e. The molecule has 4 nitrogen and oxygen atoms in total. The number of carboxylic acids is 1. The van der Waals surface area contributed by atoms with Crippen LogP contribution in [0, 0.1) is 0 Å². The molecule has 0 aromatic heterocycles. The Morgan fingerprint density at radius 2 is 2.00 bits per heavy atom. The molecule has 1 atom stereocenters. The van der Waals surface area contributed by atoms with Crippen LogP contribution in [-0.2, 0) is 15.1 Å². The van der Waals surface area contributed by atoms with Crippen molar-refractivity contribution in [1.82, 2.24) is 5.32 Å². The van der Waals surface area contributed by atoms with Gasteiger partial charge in [0.05, 0.1) is 0 Å². The van der Waals surface area contributed by atoms with Crippen LogP contribution in [0.15, 0.2) is 30.3 Å². The highest BCUT2D eigenvalue weighted by atomic mass is 16.4. The van der Waals surface area contributed by atoms with Gasteiger partial charge in [0.2, 0.25) is 6.41 Å². The Bertz CT molecular complexity index is 336. The number of aliphatic carboxylic acids is 1. The molecule has 1 aromatic carbocycles. The number of benzene rings is 1. The number of amides is 1. The van der Waals surface area contributed by atoms with Gasteiger partial charge in [-0.15, -0.1) is 0 Å². The number of hydrogen-bond donors (Lipinski definition) is 2. The fourth-order valence-electron chi connectivity index (χ4n) is 1.16.